The van der Waals surface area contributed by atoms with Crippen LogP contribution in [0.5, 0.6) is 0 Å². The molecular weight excluding hydrogens is 346 g/mol. The van der Waals surface area contributed by atoms with E-state index < -0.39 is 23.6 Å². The molecule has 7 heteroatoms. The number of pyridine rings is 1. The maximum Gasteiger partial charge on any atom is 0.287 e. The molecule has 136 valence electrons. The molecule has 0 radical (unpaired) electrons. The fraction of sp³-hybridized carbons (Fsp3) is 0.100. The van der Waals surface area contributed by atoms with Crippen molar-refractivity contribution in [3.05, 3.63) is 78.4 Å². The molecular formula is C20H17N3O4. The maximum absolute atomic E-state index is 12.7. The molecule has 3 N–H and O–H groups in total. The highest BCUT2D eigenvalue weighted by Crippen LogP contribution is 2.23. The van der Waals surface area contributed by atoms with Gasteiger partial charge >= 0.3 is 0 Å². The van der Waals surface area contributed by atoms with Crippen molar-refractivity contribution in [3.8, 4) is 11.3 Å². The molecule has 0 aliphatic carbocycles. The number of hydrogen-bond donors (Lipinski definition) is 2. The van der Waals surface area contributed by atoms with Gasteiger partial charge in [-0.05, 0) is 17.7 Å². The third-order valence-electron chi connectivity index (χ3n) is 3.99. The molecule has 1 aromatic carbocycles. The van der Waals surface area contributed by atoms with Gasteiger partial charge in [0.15, 0.2) is 0 Å². The molecule has 3 aromatic rings. The van der Waals surface area contributed by atoms with E-state index in [4.69, 9.17) is 10.2 Å². The van der Waals surface area contributed by atoms with Crippen LogP contribution >= 0.6 is 0 Å². The van der Waals surface area contributed by atoms with Gasteiger partial charge in [-0.1, -0.05) is 36.4 Å². The van der Waals surface area contributed by atoms with Gasteiger partial charge in [-0.25, -0.2) is 0 Å². The van der Waals surface area contributed by atoms with E-state index in [0.717, 1.165) is 5.56 Å². The zero-order valence-corrected chi connectivity index (χ0v) is 14.3. The smallest absolute Gasteiger partial charge is 0.287 e. The highest BCUT2D eigenvalue weighted by atomic mass is 16.3. The van der Waals surface area contributed by atoms with Gasteiger partial charge in [-0.2, -0.15) is 0 Å². The van der Waals surface area contributed by atoms with Crippen molar-refractivity contribution in [2.24, 2.45) is 5.73 Å². The second kappa shape index (κ2) is 8.09. The summed E-state index contributed by atoms with van der Waals surface area (Å²) in [6.07, 6.45) is 4.41. The van der Waals surface area contributed by atoms with E-state index in [1.165, 1.54) is 12.5 Å². The second-order valence-electron chi connectivity index (χ2n) is 5.86. The summed E-state index contributed by atoms with van der Waals surface area (Å²) in [7, 11) is 0. The molecule has 2 heterocycles. The first-order valence-electron chi connectivity index (χ1n) is 8.22. The van der Waals surface area contributed by atoms with Gasteiger partial charge in [0.05, 0.1) is 16.8 Å². The second-order valence-corrected chi connectivity index (χ2v) is 5.86. The minimum absolute atomic E-state index is 0.144. The number of Topliss-reactive ketones (excluding diaryl/α,β-unsaturated/α-hetero) is 1. The van der Waals surface area contributed by atoms with Crippen LogP contribution in [0.25, 0.3) is 11.3 Å². The van der Waals surface area contributed by atoms with E-state index >= 15 is 0 Å². The summed E-state index contributed by atoms with van der Waals surface area (Å²) >= 11 is 0. The Hall–Kier alpha value is -3.74. The number of aromatic nitrogens is 1. The number of carbonyl (C=O) groups is 3. The van der Waals surface area contributed by atoms with Crippen LogP contribution < -0.4 is 11.1 Å². The van der Waals surface area contributed by atoms with E-state index in [2.05, 4.69) is 10.3 Å². The Morgan fingerprint density at radius 2 is 1.78 bits per heavy atom. The normalized spacial score (nSPS) is 11.6. The Morgan fingerprint density at radius 3 is 2.44 bits per heavy atom. The molecule has 0 fully saturated rings. The fourth-order valence-corrected chi connectivity index (χ4v) is 2.66. The molecule has 7 nitrogen and oxygen atoms in total. The van der Waals surface area contributed by atoms with Crippen LogP contribution in [-0.2, 0) is 16.0 Å². The Balaban J connectivity index is 1.84. The Morgan fingerprint density at radius 1 is 1.04 bits per heavy atom. The molecule has 1 atom stereocenters. The van der Waals surface area contributed by atoms with Gasteiger partial charge < -0.3 is 15.5 Å². The number of primary amides is 1. The molecule has 3 rings (SSSR count). The highest BCUT2D eigenvalue weighted by Gasteiger charge is 2.27. The van der Waals surface area contributed by atoms with Crippen LogP contribution in [0.3, 0.4) is 0 Å². The predicted molar refractivity (Wildman–Crippen MR) is 97.5 cm³/mol. The topological polar surface area (TPSA) is 115 Å². The van der Waals surface area contributed by atoms with Crippen molar-refractivity contribution in [3.63, 3.8) is 0 Å². The van der Waals surface area contributed by atoms with Crippen LogP contribution in [0.2, 0.25) is 0 Å². The van der Waals surface area contributed by atoms with Crippen molar-refractivity contribution < 1.29 is 18.8 Å². The lowest BCUT2D eigenvalue weighted by Crippen LogP contribution is -2.47. The summed E-state index contributed by atoms with van der Waals surface area (Å²) in [4.78, 5) is 40.5. The standard InChI is InChI=1S/C20H17N3O4/c21-19(25)18(24)17(10-13-6-2-1-3-7-13)23-20(26)15-12-27-11-14(15)16-8-4-5-9-22-16/h1-9,11-12,17H,10H2,(H2,21,25)(H,23,26). The summed E-state index contributed by atoms with van der Waals surface area (Å²) in [6.45, 7) is 0. The first-order valence-corrected chi connectivity index (χ1v) is 8.22. The van der Waals surface area contributed by atoms with Crippen molar-refractivity contribution in [1.82, 2.24) is 10.3 Å². The van der Waals surface area contributed by atoms with E-state index in [1.54, 1.807) is 48.7 Å². The van der Waals surface area contributed by atoms with E-state index in [0.29, 0.717) is 11.3 Å². The van der Waals surface area contributed by atoms with Crippen LogP contribution in [-0.4, -0.2) is 28.6 Å². The van der Waals surface area contributed by atoms with Gasteiger partial charge in [0.2, 0.25) is 5.78 Å². The molecule has 0 aliphatic heterocycles. The summed E-state index contributed by atoms with van der Waals surface area (Å²) in [5.74, 6) is -2.52. The average Bonchev–Trinajstić information content (AvgIpc) is 3.18. The van der Waals surface area contributed by atoms with Crippen LogP contribution in [0.4, 0.5) is 0 Å². The molecule has 0 aliphatic rings. The van der Waals surface area contributed by atoms with Gasteiger partial charge in [-0.3, -0.25) is 19.4 Å². The average molecular weight is 363 g/mol. The van der Waals surface area contributed by atoms with Crippen LogP contribution in [0.15, 0.2) is 71.7 Å². The lowest BCUT2D eigenvalue weighted by molar-refractivity contribution is -0.137. The predicted octanol–water partition coefficient (Wildman–Crippen LogP) is 1.74. The minimum atomic E-state index is -1.10. The Labute approximate surface area is 155 Å². The number of ketones is 1. The number of hydrogen-bond acceptors (Lipinski definition) is 5. The van der Waals surface area contributed by atoms with E-state index in [9.17, 15) is 14.4 Å². The first kappa shape index (κ1) is 18.1. The molecule has 2 aromatic heterocycles. The van der Waals surface area contributed by atoms with Crippen molar-refractivity contribution in [1.29, 1.82) is 0 Å². The first-order chi connectivity index (χ1) is 13.1. The third-order valence-corrected chi connectivity index (χ3v) is 3.99. The summed E-state index contributed by atoms with van der Waals surface area (Å²) in [5.41, 5.74) is 7.17. The molecule has 0 saturated heterocycles. The molecule has 1 unspecified atom stereocenters. The molecule has 0 bridgehead atoms. The quantitative estimate of drug-likeness (QED) is 0.620. The summed E-state index contributed by atoms with van der Waals surface area (Å²) in [6, 6.07) is 13.2. The van der Waals surface area contributed by atoms with Crippen molar-refractivity contribution in [2.45, 2.75) is 12.5 Å². The van der Waals surface area contributed by atoms with E-state index in [-0.39, 0.29) is 12.0 Å². The fourth-order valence-electron chi connectivity index (χ4n) is 2.66. The van der Waals surface area contributed by atoms with Crippen molar-refractivity contribution in [2.75, 3.05) is 0 Å². The Bertz CT molecular complexity index is 952. The third kappa shape index (κ3) is 4.27. The van der Waals surface area contributed by atoms with E-state index in [1.807, 2.05) is 6.07 Å². The maximum atomic E-state index is 12.7. The number of furan rings is 1. The summed E-state index contributed by atoms with van der Waals surface area (Å²) < 4.78 is 5.15. The molecule has 0 spiro atoms. The number of nitrogens with two attached hydrogens (primary N) is 1. The molecule has 2 amide bonds. The monoisotopic (exact) mass is 363 g/mol. The van der Waals surface area contributed by atoms with Crippen molar-refractivity contribution >= 4 is 17.6 Å². The number of nitrogens with one attached hydrogen (secondary N) is 1. The number of amides is 2. The van der Waals surface area contributed by atoms with Gasteiger partial charge in [-0.15, -0.1) is 0 Å². The number of rotatable bonds is 7. The zero-order valence-electron chi connectivity index (χ0n) is 14.3. The molecule has 0 saturated carbocycles. The van der Waals surface area contributed by atoms with Gasteiger partial charge in [0.1, 0.15) is 18.6 Å². The lowest BCUT2D eigenvalue weighted by Gasteiger charge is -2.16. The number of carbonyl (C=O) groups excluding carboxylic acids is 3. The number of nitrogens with zero attached hydrogens (tertiary/aromatic N) is 1. The Kier molecular flexibility index (Phi) is 5.41. The highest BCUT2D eigenvalue weighted by molar-refractivity contribution is 6.38. The minimum Gasteiger partial charge on any atom is -0.471 e. The molecule has 27 heavy (non-hydrogen) atoms. The zero-order chi connectivity index (χ0) is 19.2. The SMILES string of the molecule is NC(=O)C(=O)C(Cc1ccccc1)NC(=O)c1cocc1-c1ccccn1. The van der Waals surface area contributed by atoms with Gasteiger partial charge in [0, 0.05) is 12.6 Å². The largest absolute Gasteiger partial charge is 0.471 e. The van der Waals surface area contributed by atoms with Gasteiger partial charge in [0.25, 0.3) is 11.8 Å². The summed E-state index contributed by atoms with van der Waals surface area (Å²) in [5, 5.41) is 2.58. The lowest BCUT2D eigenvalue weighted by atomic mass is 10.0. The van der Waals surface area contributed by atoms with Crippen LogP contribution in [0.1, 0.15) is 15.9 Å². The van der Waals surface area contributed by atoms with Crippen LogP contribution in [0, 0.1) is 0 Å². The number of benzene rings is 1.